The third-order valence-corrected chi connectivity index (χ3v) is 5.07. The topological polar surface area (TPSA) is 46.6 Å². The zero-order chi connectivity index (χ0) is 13.4. The zero-order valence-corrected chi connectivity index (χ0v) is 12.5. The highest BCUT2D eigenvalue weighted by Crippen LogP contribution is 2.30. The van der Waals surface area contributed by atoms with Crippen molar-refractivity contribution in [1.29, 1.82) is 0 Å². The van der Waals surface area contributed by atoms with Gasteiger partial charge >= 0.3 is 0 Å². The molecule has 0 radical (unpaired) electrons. The van der Waals surface area contributed by atoms with E-state index in [9.17, 15) is 0 Å². The van der Waals surface area contributed by atoms with Crippen molar-refractivity contribution in [3.8, 4) is 0 Å². The van der Waals surface area contributed by atoms with Crippen LogP contribution in [-0.4, -0.2) is 22.5 Å². The monoisotopic (exact) mass is 278 g/mol. The number of nitrogens with zero attached hydrogens (tertiary/aromatic N) is 3. The molecule has 2 N–H and O–H groups in total. The van der Waals surface area contributed by atoms with E-state index in [0.717, 1.165) is 41.4 Å². The second-order valence-corrected chi connectivity index (χ2v) is 6.58. The number of hydrogen-bond donors (Lipinski definition) is 1. The van der Waals surface area contributed by atoms with Crippen molar-refractivity contribution in [3.05, 3.63) is 17.3 Å². The molecule has 5 heteroatoms. The molecular formula is C14H22N4S. The minimum Gasteiger partial charge on any atom is -0.355 e. The molecule has 1 aliphatic rings. The van der Waals surface area contributed by atoms with Gasteiger partial charge in [-0.1, -0.05) is 13.8 Å². The van der Waals surface area contributed by atoms with Crippen molar-refractivity contribution >= 4 is 22.1 Å². The summed E-state index contributed by atoms with van der Waals surface area (Å²) < 4.78 is 2.13. The minimum absolute atomic E-state index is 0.553. The first-order chi connectivity index (χ1) is 9.20. The summed E-state index contributed by atoms with van der Waals surface area (Å²) in [7, 11) is 0. The van der Waals surface area contributed by atoms with Crippen LogP contribution in [0.2, 0.25) is 0 Å². The molecule has 1 saturated heterocycles. The molecule has 3 heterocycles. The molecule has 0 aromatic carbocycles. The number of piperidine rings is 1. The van der Waals surface area contributed by atoms with E-state index >= 15 is 0 Å². The Kier molecular flexibility index (Phi) is 3.50. The van der Waals surface area contributed by atoms with Gasteiger partial charge in [0, 0.05) is 31.2 Å². The predicted molar refractivity (Wildman–Crippen MR) is 80.7 cm³/mol. The maximum Gasteiger partial charge on any atom is 0.195 e. The first-order valence-corrected chi connectivity index (χ1v) is 7.98. The standard InChI is InChI=1S/C14H22N4S/c1-10(2)11-3-5-17(6-4-11)13-12(9-15)18-7-8-19-14(18)16-13/h7-8,10-11H,3-6,9,15H2,1-2H3. The lowest BCUT2D eigenvalue weighted by Gasteiger charge is -2.34. The van der Waals surface area contributed by atoms with Crippen molar-refractivity contribution in [2.45, 2.75) is 33.2 Å². The van der Waals surface area contributed by atoms with Crippen LogP contribution >= 0.6 is 11.3 Å². The van der Waals surface area contributed by atoms with E-state index in [1.54, 1.807) is 11.3 Å². The van der Waals surface area contributed by atoms with Crippen LogP contribution in [0.25, 0.3) is 4.96 Å². The van der Waals surface area contributed by atoms with Crippen LogP contribution in [0.1, 0.15) is 32.4 Å². The van der Waals surface area contributed by atoms with Gasteiger partial charge in [-0.25, -0.2) is 4.98 Å². The fraction of sp³-hybridized carbons (Fsp3) is 0.643. The average Bonchev–Trinajstić information content (AvgIpc) is 2.98. The lowest BCUT2D eigenvalue weighted by molar-refractivity contribution is 0.310. The summed E-state index contributed by atoms with van der Waals surface area (Å²) in [5.74, 6) is 2.76. The molecule has 3 rings (SSSR count). The molecule has 0 bridgehead atoms. The molecule has 2 aromatic heterocycles. The van der Waals surface area contributed by atoms with E-state index in [1.165, 1.54) is 12.8 Å². The number of hydrogen-bond acceptors (Lipinski definition) is 4. The van der Waals surface area contributed by atoms with Gasteiger partial charge in [0.25, 0.3) is 0 Å². The normalized spacial score (nSPS) is 17.8. The Morgan fingerprint density at radius 3 is 2.79 bits per heavy atom. The van der Waals surface area contributed by atoms with E-state index in [0.29, 0.717) is 6.54 Å². The Bertz CT molecular complexity index is 549. The van der Waals surface area contributed by atoms with E-state index in [-0.39, 0.29) is 0 Å². The minimum atomic E-state index is 0.553. The Hall–Kier alpha value is -1.07. The molecule has 104 valence electrons. The summed E-state index contributed by atoms with van der Waals surface area (Å²) in [6.45, 7) is 7.44. The molecule has 0 saturated carbocycles. The van der Waals surface area contributed by atoms with E-state index in [1.807, 2.05) is 0 Å². The lowest BCUT2D eigenvalue weighted by atomic mass is 9.87. The highest BCUT2D eigenvalue weighted by Gasteiger charge is 2.25. The lowest BCUT2D eigenvalue weighted by Crippen LogP contribution is -2.36. The number of fused-ring (bicyclic) bond motifs is 1. The van der Waals surface area contributed by atoms with Gasteiger partial charge in [-0.15, -0.1) is 11.3 Å². The number of imidazole rings is 1. The van der Waals surface area contributed by atoms with Gasteiger partial charge in [0.2, 0.25) is 0 Å². The van der Waals surface area contributed by atoms with Crippen LogP contribution in [0.15, 0.2) is 11.6 Å². The van der Waals surface area contributed by atoms with Crippen LogP contribution in [0.5, 0.6) is 0 Å². The largest absolute Gasteiger partial charge is 0.355 e. The molecule has 19 heavy (non-hydrogen) atoms. The first kappa shape index (κ1) is 12.9. The third kappa shape index (κ3) is 2.25. The Balaban J connectivity index is 1.83. The second-order valence-electron chi connectivity index (χ2n) is 5.71. The van der Waals surface area contributed by atoms with Crippen molar-refractivity contribution in [1.82, 2.24) is 9.38 Å². The molecule has 1 fully saturated rings. The highest BCUT2D eigenvalue weighted by molar-refractivity contribution is 7.15. The Morgan fingerprint density at radius 1 is 1.42 bits per heavy atom. The molecule has 4 nitrogen and oxygen atoms in total. The fourth-order valence-corrected chi connectivity index (χ4v) is 3.77. The van der Waals surface area contributed by atoms with E-state index in [4.69, 9.17) is 10.7 Å². The van der Waals surface area contributed by atoms with Crippen molar-refractivity contribution in [2.24, 2.45) is 17.6 Å². The zero-order valence-electron chi connectivity index (χ0n) is 11.7. The summed E-state index contributed by atoms with van der Waals surface area (Å²) in [6, 6.07) is 0. The number of thiazole rings is 1. The van der Waals surface area contributed by atoms with E-state index in [2.05, 4.69) is 34.7 Å². The summed E-state index contributed by atoms with van der Waals surface area (Å²) in [5.41, 5.74) is 7.07. The van der Waals surface area contributed by atoms with Crippen LogP contribution in [0.3, 0.4) is 0 Å². The quantitative estimate of drug-likeness (QED) is 0.939. The van der Waals surface area contributed by atoms with Gasteiger partial charge in [-0.05, 0) is 24.7 Å². The van der Waals surface area contributed by atoms with Crippen LogP contribution < -0.4 is 10.6 Å². The molecule has 0 aliphatic carbocycles. The number of nitrogens with two attached hydrogens (primary N) is 1. The third-order valence-electron chi connectivity index (χ3n) is 4.32. The number of aromatic nitrogens is 2. The van der Waals surface area contributed by atoms with Crippen molar-refractivity contribution in [3.63, 3.8) is 0 Å². The van der Waals surface area contributed by atoms with Gasteiger partial charge in [0.1, 0.15) is 0 Å². The maximum absolute atomic E-state index is 5.92. The van der Waals surface area contributed by atoms with E-state index < -0.39 is 0 Å². The Labute approximate surface area is 118 Å². The van der Waals surface area contributed by atoms with Gasteiger partial charge in [0.05, 0.1) is 5.69 Å². The van der Waals surface area contributed by atoms with Gasteiger partial charge in [-0.3, -0.25) is 4.40 Å². The average molecular weight is 278 g/mol. The van der Waals surface area contributed by atoms with Crippen LogP contribution in [-0.2, 0) is 6.54 Å². The van der Waals surface area contributed by atoms with Crippen molar-refractivity contribution < 1.29 is 0 Å². The molecule has 0 atom stereocenters. The number of rotatable bonds is 3. The second kappa shape index (κ2) is 5.13. The maximum atomic E-state index is 5.92. The SMILES string of the molecule is CC(C)C1CCN(c2nc3sccn3c2CN)CC1. The predicted octanol–water partition coefficient (Wildman–Crippen LogP) is 2.73. The molecule has 1 aliphatic heterocycles. The summed E-state index contributed by atoms with van der Waals surface area (Å²) >= 11 is 1.68. The molecular weight excluding hydrogens is 256 g/mol. The smallest absolute Gasteiger partial charge is 0.195 e. The molecule has 0 amide bonds. The van der Waals surface area contributed by atoms with Crippen LogP contribution in [0, 0.1) is 11.8 Å². The first-order valence-electron chi connectivity index (χ1n) is 7.10. The van der Waals surface area contributed by atoms with Crippen LogP contribution in [0.4, 0.5) is 5.82 Å². The molecule has 2 aromatic rings. The van der Waals surface area contributed by atoms with Gasteiger partial charge in [0.15, 0.2) is 10.8 Å². The fourth-order valence-electron chi connectivity index (χ4n) is 3.04. The summed E-state index contributed by atoms with van der Waals surface area (Å²) in [4.78, 5) is 8.24. The van der Waals surface area contributed by atoms with Crippen molar-refractivity contribution in [2.75, 3.05) is 18.0 Å². The molecule has 0 unspecified atom stereocenters. The Morgan fingerprint density at radius 2 is 2.16 bits per heavy atom. The highest BCUT2D eigenvalue weighted by atomic mass is 32.1. The molecule has 0 spiro atoms. The summed E-state index contributed by atoms with van der Waals surface area (Å²) in [6.07, 6.45) is 4.61. The number of anilines is 1. The van der Waals surface area contributed by atoms with Gasteiger partial charge in [-0.2, -0.15) is 0 Å². The summed E-state index contributed by atoms with van der Waals surface area (Å²) in [5, 5.41) is 2.07. The van der Waals surface area contributed by atoms with Gasteiger partial charge < -0.3 is 10.6 Å².